The fourth-order valence-corrected chi connectivity index (χ4v) is 4.42. The summed E-state index contributed by atoms with van der Waals surface area (Å²) in [5.41, 5.74) is 1.34. The van der Waals surface area contributed by atoms with E-state index < -0.39 is 23.4 Å². The van der Waals surface area contributed by atoms with Gasteiger partial charge < -0.3 is 23.9 Å². The second-order valence-corrected chi connectivity index (χ2v) is 11.9. The first-order valence-corrected chi connectivity index (χ1v) is 13.3. The summed E-state index contributed by atoms with van der Waals surface area (Å²) in [6, 6.07) is 13.5. The number of carbonyl (C=O) groups excluding carboxylic acids is 3. The summed E-state index contributed by atoms with van der Waals surface area (Å²) in [5, 5.41) is 0. The van der Waals surface area contributed by atoms with Gasteiger partial charge in [-0.3, -0.25) is 4.90 Å². The summed E-state index contributed by atoms with van der Waals surface area (Å²) >= 11 is 0. The number of aldehydes is 1. The van der Waals surface area contributed by atoms with E-state index in [1.165, 1.54) is 0 Å². The number of aryl methyl sites for hydroxylation is 1. The Bertz CT molecular complexity index is 1140. The highest BCUT2D eigenvalue weighted by molar-refractivity contribution is 5.86. The lowest BCUT2D eigenvalue weighted by Crippen LogP contribution is -2.37. The maximum absolute atomic E-state index is 13.3. The van der Waals surface area contributed by atoms with Crippen LogP contribution < -0.4 is 4.90 Å². The Morgan fingerprint density at radius 3 is 2.31 bits per heavy atom. The van der Waals surface area contributed by atoms with Gasteiger partial charge in [-0.2, -0.15) is 0 Å². The van der Waals surface area contributed by atoms with Crippen LogP contribution in [0.1, 0.15) is 58.4 Å². The zero-order chi connectivity index (χ0) is 28.8. The molecule has 2 amide bonds. The van der Waals surface area contributed by atoms with Crippen molar-refractivity contribution in [2.24, 2.45) is 5.92 Å². The summed E-state index contributed by atoms with van der Waals surface area (Å²) < 4.78 is 17.1. The molecule has 1 aromatic carbocycles. The van der Waals surface area contributed by atoms with Crippen molar-refractivity contribution in [2.75, 3.05) is 24.6 Å². The molecule has 1 aliphatic heterocycles. The Kier molecular flexibility index (Phi) is 9.72. The van der Waals surface area contributed by atoms with E-state index in [-0.39, 0.29) is 18.6 Å². The van der Waals surface area contributed by atoms with Crippen molar-refractivity contribution in [1.82, 2.24) is 9.88 Å². The van der Waals surface area contributed by atoms with Crippen molar-refractivity contribution >= 4 is 24.3 Å². The average Bonchev–Trinajstić information content (AvgIpc) is 3.22. The molecule has 0 bridgehead atoms. The van der Waals surface area contributed by atoms with Crippen molar-refractivity contribution < 1.29 is 28.6 Å². The monoisotopic (exact) mass is 539 g/mol. The third-order valence-corrected chi connectivity index (χ3v) is 5.97. The van der Waals surface area contributed by atoms with Crippen LogP contribution in [0, 0.1) is 12.8 Å². The lowest BCUT2D eigenvalue weighted by atomic mass is 9.98. The van der Waals surface area contributed by atoms with Gasteiger partial charge in [0.25, 0.3) is 0 Å². The van der Waals surface area contributed by atoms with Crippen LogP contribution in [0.2, 0.25) is 0 Å². The summed E-state index contributed by atoms with van der Waals surface area (Å²) in [6.07, 6.45) is -0.0513. The number of aromatic nitrogens is 1. The highest BCUT2D eigenvalue weighted by atomic mass is 16.6. The first kappa shape index (κ1) is 30.1. The molecule has 1 fully saturated rings. The molecule has 1 aromatic heterocycles. The highest BCUT2D eigenvalue weighted by Gasteiger charge is 2.38. The topological polar surface area (TPSA) is 98.3 Å². The van der Waals surface area contributed by atoms with Gasteiger partial charge in [0.05, 0.1) is 19.2 Å². The number of amides is 2. The molecular formula is C30H41N3O6. The molecule has 9 nitrogen and oxygen atoms in total. The van der Waals surface area contributed by atoms with Gasteiger partial charge in [0.2, 0.25) is 0 Å². The van der Waals surface area contributed by atoms with Gasteiger partial charge in [0, 0.05) is 18.2 Å². The van der Waals surface area contributed by atoms with Crippen LogP contribution in [0.15, 0.2) is 42.5 Å². The minimum absolute atomic E-state index is 0.0562. The number of anilines is 1. The second kappa shape index (κ2) is 12.6. The summed E-state index contributed by atoms with van der Waals surface area (Å²) in [6.45, 7) is 13.9. The van der Waals surface area contributed by atoms with Crippen LogP contribution in [0.4, 0.5) is 15.4 Å². The zero-order valence-corrected chi connectivity index (χ0v) is 24.1. The number of likely N-dealkylation sites (tertiary alicyclic amines) is 1. The molecule has 2 aromatic rings. The minimum atomic E-state index is -0.670. The molecule has 3 rings (SSSR count). The lowest BCUT2D eigenvalue weighted by molar-refractivity contribution is -0.114. The quantitative estimate of drug-likeness (QED) is 0.419. The Balaban J connectivity index is 1.88. The average molecular weight is 540 g/mol. The lowest BCUT2D eigenvalue weighted by Gasteiger charge is -2.27. The standard InChI is InChI=1S/C30H41N3O6/c1-21-15-24(17-23-19-32(20-25(23)37-14-13-34)27(35)38-29(2,3)4)31-26(16-21)33(28(36)39-30(5,6)7)18-22-11-9-8-10-12-22/h8-13,15-16,23,25H,14,17-20H2,1-7H3/t23-,25-/m0/s1. The molecule has 0 spiro atoms. The predicted octanol–water partition coefficient (Wildman–Crippen LogP) is 5.33. The molecule has 0 saturated carbocycles. The van der Waals surface area contributed by atoms with Crippen molar-refractivity contribution in [3.05, 3.63) is 59.3 Å². The zero-order valence-electron chi connectivity index (χ0n) is 24.1. The number of benzene rings is 1. The second-order valence-electron chi connectivity index (χ2n) is 11.9. The van der Waals surface area contributed by atoms with Gasteiger partial charge in [0.15, 0.2) is 0 Å². The van der Waals surface area contributed by atoms with E-state index in [2.05, 4.69) is 0 Å². The van der Waals surface area contributed by atoms with E-state index >= 15 is 0 Å². The normalized spacial score (nSPS) is 17.6. The Labute approximate surface area is 231 Å². The number of carbonyl (C=O) groups is 3. The van der Waals surface area contributed by atoms with Crippen molar-refractivity contribution in [3.8, 4) is 0 Å². The minimum Gasteiger partial charge on any atom is -0.444 e. The molecule has 2 atom stereocenters. The van der Waals surface area contributed by atoms with E-state index in [0.29, 0.717) is 38.2 Å². The maximum Gasteiger partial charge on any atom is 0.416 e. The fourth-order valence-electron chi connectivity index (χ4n) is 4.42. The molecular weight excluding hydrogens is 498 g/mol. The van der Waals surface area contributed by atoms with Gasteiger partial charge in [-0.1, -0.05) is 30.3 Å². The van der Waals surface area contributed by atoms with Gasteiger partial charge in [-0.05, 0) is 78.1 Å². The van der Waals surface area contributed by atoms with Crippen LogP contribution in [0.25, 0.3) is 0 Å². The molecule has 1 aliphatic rings. The van der Waals surface area contributed by atoms with Gasteiger partial charge in [-0.25, -0.2) is 14.6 Å². The van der Waals surface area contributed by atoms with E-state index in [0.717, 1.165) is 16.8 Å². The fraction of sp³-hybridized carbons (Fsp3) is 0.533. The number of rotatable bonds is 8. The van der Waals surface area contributed by atoms with E-state index in [9.17, 15) is 14.4 Å². The summed E-state index contributed by atoms with van der Waals surface area (Å²) in [5.74, 6) is 0.374. The van der Waals surface area contributed by atoms with Gasteiger partial charge >= 0.3 is 12.2 Å². The van der Waals surface area contributed by atoms with Crippen LogP contribution in [-0.2, 0) is 32.0 Å². The first-order chi connectivity index (χ1) is 18.2. The van der Waals surface area contributed by atoms with E-state index in [1.54, 1.807) is 9.80 Å². The number of hydrogen-bond acceptors (Lipinski definition) is 7. The molecule has 0 unspecified atom stereocenters. The molecule has 9 heteroatoms. The Morgan fingerprint density at radius 2 is 1.69 bits per heavy atom. The van der Waals surface area contributed by atoms with Crippen LogP contribution >= 0.6 is 0 Å². The number of hydrogen-bond donors (Lipinski definition) is 0. The van der Waals surface area contributed by atoms with Crippen molar-refractivity contribution in [2.45, 2.75) is 78.7 Å². The smallest absolute Gasteiger partial charge is 0.416 e. The molecule has 212 valence electrons. The molecule has 2 heterocycles. The number of pyridine rings is 1. The first-order valence-electron chi connectivity index (χ1n) is 13.3. The largest absolute Gasteiger partial charge is 0.444 e. The molecule has 0 radical (unpaired) electrons. The number of ether oxygens (including phenoxy) is 3. The van der Waals surface area contributed by atoms with Crippen molar-refractivity contribution in [3.63, 3.8) is 0 Å². The SMILES string of the molecule is Cc1cc(C[C@H]2CN(C(=O)OC(C)(C)C)C[C@@H]2OCC=O)nc(N(Cc2ccccc2)C(=O)OC(C)(C)C)c1. The van der Waals surface area contributed by atoms with Gasteiger partial charge in [-0.15, -0.1) is 0 Å². The van der Waals surface area contributed by atoms with Crippen LogP contribution in [0.3, 0.4) is 0 Å². The van der Waals surface area contributed by atoms with Gasteiger partial charge in [0.1, 0.15) is 29.9 Å². The molecule has 39 heavy (non-hydrogen) atoms. The third-order valence-electron chi connectivity index (χ3n) is 5.97. The summed E-state index contributed by atoms with van der Waals surface area (Å²) in [7, 11) is 0. The number of nitrogens with zero attached hydrogens (tertiary/aromatic N) is 3. The Morgan fingerprint density at radius 1 is 1.03 bits per heavy atom. The predicted molar refractivity (Wildman–Crippen MR) is 149 cm³/mol. The molecule has 1 saturated heterocycles. The maximum atomic E-state index is 13.3. The molecule has 0 N–H and O–H groups in total. The van der Waals surface area contributed by atoms with E-state index in [4.69, 9.17) is 19.2 Å². The highest BCUT2D eigenvalue weighted by Crippen LogP contribution is 2.27. The van der Waals surface area contributed by atoms with Crippen LogP contribution in [-0.4, -0.2) is 65.4 Å². The summed E-state index contributed by atoms with van der Waals surface area (Å²) in [4.78, 5) is 45.1. The third kappa shape index (κ3) is 9.35. The Hall–Kier alpha value is -3.46. The van der Waals surface area contributed by atoms with E-state index in [1.807, 2.05) is 90.9 Å². The van der Waals surface area contributed by atoms with Crippen LogP contribution in [0.5, 0.6) is 0 Å². The molecule has 0 aliphatic carbocycles. The van der Waals surface area contributed by atoms with Crippen molar-refractivity contribution in [1.29, 1.82) is 0 Å².